The van der Waals surface area contributed by atoms with Gasteiger partial charge in [-0.2, -0.15) is 0 Å². The van der Waals surface area contributed by atoms with Gasteiger partial charge in [-0.3, -0.25) is 0 Å². The lowest BCUT2D eigenvalue weighted by atomic mass is 10.2. The number of benzene rings is 1. The molecular weight excluding hydrogens is 334 g/mol. The second-order valence-corrected chi connectivity index (χ2v) is 5.05. The topological polar surface area (TPSA) is 21.3 Å². The van der Waals surface area contributed by atoms with Crippen molar-refractivity contribution in [3.63, 3.8) is 0 Å². The number of nitrogens with one attached hydrogen (secondary N) is 1. The Morgan fingerprint density at radius 3 is 2.50 bits per heavy atom. The normalized spacial score (nSPS) is 10.2. The molecule has 88 valence electrons. The molecule has 1 aromatic rings. The van der Waals surface area contributed by atoms with E-state index >= 15 is 0 Å². The molecule has 0 radical (unpaired) electrons. The first-order valence-electron chi connectivity index (χ1n) is 5.05. The lowest BCUT2D eigenvalue weighted by Gasteiger charge is -2.11. The fraction of sp³-hybridized carbons (Fsp3) is 0.333. The van der Waals surface area contributed by atoms with Gasteiger partial charge in [0.15, 0.2) is 0 Å². The highest BCUT2D eigenvalue weighted by Gasteiger charge is 2.08. The van der Waals surface area contributed by atoms with Crippen LogP contribution in [0.5, 0.6) is 5.75 Å². The Hall–Kier alpha value is -0.320. The van der Waals surface area contributed by atoms with Gasteiger partial charge < -0.3 is 10.1 Å². The summed E-state index contributed by atoms with van der Waals surface area (Å²) in [5.41, 5.74) is 1.21. The molecule has 0 amide bonds. The van der Waals surface area contributed by atoms with Crippen molar-refractivity contribution in [1.82, 2.24) is 5.32 Å². The van der Waals surface area contributed by atoms with Crippen LogP contribution in [0.25, 0.3) is 0 Å². The van der Waals surface area contributed by atoms with Crippen LogP contribution in [-0.2, 0) is 6.54 Å². The summed E-state index contributed by atoms with van der Waals surface area (Å²) in [7, 11) is 1.93. The Morgan fingerprint density at radius 2 is 2.00 bits per heavy atom. The fourth-order valence-corrected chi connectivity index (χ4v) is 2.81. The maximum Gasteiger partial charge on any atom is 0.147 e. The number of rotatable bonds is 6. The fourth-order valence-electron chi connectivity index (χ4n) is 1.30. The van der Waals surface area contributed by atoms with Crippen molar-refractivity contribution in [3.8, 4) is 5.75 Å². The van der Waals surface area contributed by atoms with Gasteiger partial charge in [0.05, 0.1) is 15.6 Å². The largest absolute Gasteiger partial charge is 0.491 e. The van der Waals surface area contributed by atoms with E-state index in [4.69, 9.17) is 4.74 Å². The van der Waals surface area contributed by atoms with Gasteiger partial charge in [-0.1, -0.05) is 6.08 Å². The monoisotopic (exact) mass is 347 g/mol. The standard InChI is InChI=1S/C12H15Br2NO/c1-3-4-5-16-12-10(13)6-9(8-15-2)7-11(12)14/h3,6-7,15H,1,4-5,8H2,2H3. The van der Waals surface area contributed by atoms with E-state index in [0.717, 1.165) is 27.7 Å². The van der Waals surface area contributed by atoms with E-state index in [1.165, 1.54) is 5.56 Å². The highest BCUT2D eigenvalue weighted by atomic mass is 79.9. The third kappa shape index (κ3) is 3.92. The minimum absolute atomic E-state index is 0.645. The third-order valence-corrected chi connectivity index (χ3v) is 3.19. The Labute approximate surface area is 113 Å². The molecule has 4 heteroatoms. The van der Waals surface area contributed by atoms with E-state index in [2.05, 4.69) is 55.9 Å². The smallest absolute Gasteiger partial charge is 0.147 e. The Morgan fingerprint density at radius 1 is 1.38 bits per heavy atom. The van der Waals surface area contributed by atoms with Gasteiger partial charge in [-0.15, -0.1) is 6.58 Å². The average molecular weight is 349 g/mol. The zero-order valence-electron chi connectivity index (χ0n) is 9.22. The predicted molar refractivity (Wildman–Crippen MR) is 74.9 cm³/mol. The molecule has 16 heavy (non-hydrogen) atoms. The van der Waals surface area contributed by atoms with Crippen LogP contribution < -0.4 is 10.1 Å². The summed E-state index contributed by atoms with van der Waals surface area (Å²) < 4.78 is 7.59. The van der Waals surface area contributed by atoms with Crippen LogP contribution in [0.1, 0.15) is 12.0 Å². The van der Waals surface area contributed by atoms with Gasteiger partial charge >= 0.3 is 0 Å². The summed E-state index contributed by atoms with van der Waals surface area (Å²) in [6.07, 6.45) is 2.69. The summed E-state index contributed by atoms with van der Waals surface area (Å²) in [5, 5.41) is 3.11. The molecule has 2 nitrogen and oxygen atoms in total. The first-order valence-corrected chi connectivity index (χ1v) is 6.64. The van der Waals surface area contributed by atoms with Crippen molar-refractivity contribution in [2.24, 2.45) is 0 Å². The molecule has 0 heterocycles. The summed E-state index contributed by atoms with van der Waals surface area (Å²) in [6, 6.07) is 4.12. The van der Waals surface area contributed by atoms with Crippen LogP contribution in [0, 0.1) is 0 Å². The van der Waals surface area contributed by atoms with E-state index < -0.39 is 0 Å². The van der Waals surface area contributed by atoms with Crippen molar-refractivity contribution in [2.45, 2.75) is 13.0 Å². The predicted octanol–water partition coefficient (Wildman–Crippen LogP) is 3.89. The Bertz CT molecular complexity index is 343. The number of ether oxygens (including phenoxy) is 1. The van der Waals surface area contributed by atoms with E-state index in [1.807, 2.05) is 13.1 Å². The van der Waals surface area contributed by atoms with E-state index in [-0.39, 0.29) is 0 Å². The Kier molecular flexibility index (Phi) is 6.09. The first kappa shape index (κ1) is 13.7. The van der Waals surface area contributed by atoms with E-state index in [0.29, 0.717) is 6.61 Å². The van der Waals surface area contributed by atoms with Gasteiger partial charge in [-0.05, 0) is 63.0 Å². The lowest BCUT2D eigenvalue weighted by molar-refractivity contribution is 0.321. The van der Waals surface area contributed by atoms with Gasteiger partial charge in [0.25, 0.3) is 0 Å². The molecule has 0 bridgehead atoms. The second-order valence-electron chi connectivity index (χ2n) is 3.34. The molecule has 0 fully saturated rings. The molecule has 0 saturated heterocycles. The summed E-state index contributed by atoms with van der Waals surface area (Å²) in [4.78, 5) is 0. The van der Waals surface area contributed by atoms with Crippen LogP contribution in [-0.4, -0.2) is 13.7 Å². The third-order valence-electron chi connectivity index (χ3n) is 2.01. The molecule has 0 unspecified atom stereocenters. The van der Waals surface area contributed by atoms with Crippen LogP contribution in [0.2, 0.25) is 0 Å². The highest BCUT2D eigenvalue weighted by Crippen LogP contribution is 2.34. The van der Waals surface area contributed by atoms with Crippen molar-refractivity contribution in [3.05, 3.63) is 39.3 Å². The summed E-state index contributed by atoms with van der Waals surface area (Å²) in [5.74, 6) is 0.849. The van der Waals surface area contributed by atoms with Crippen LogP contribution in [0.3, 0.4) is 0 Å². The molecule has 0 aliphatic carbocycles. The summed E-state index contributed by atoms with van der Waals surface area (Å²) >= 11 is 7.02. The number of halogens is 2. The van der Waals surface area contributed by atoms with Crippen molar-refractivity contribution in [2.75, 3.05) is 13.7 Å². The maximum absolute atomic E-state index is 5.66. The minimum Gasteiger partial charge on any atom is -0.491 e. The van der Waals surface area contributed by atoms with Crippen molar-refractivity contribution in [1.29, 1.82) is 0 Å². The molecule has 0 aromatic heterocycles. The van der Waals surface area contributed by atoms with Gasteiger partial charge in [0, 0.05) is 6.54 Å². The maximum atomic E-state index is 5.66. The average Bonchev–Trinajstić information content (AvgIpc) is 2.23. The van der Waals surface area contributed by atoms with E-state index in [1.54, 1.807) is 0 Å². The van der Waals surface area contributed by atoms with Crippen LogP contribution in [0.4, 0.5) is 0 Å². The number of hydrogen-bond donors (Lipinski definition) is 1. The molecule has 1 N–H and O–H groups in total. The van der Waals surface area contributed by atoms with Crippen LogP contribution >= 0.6 is 31.9 Å². The molecule has 1 rings (SSSR count). The molecule has 1 aromatic carbocycles. The van der Waals surface area contributed by atoms with Crippen molar-refractivity contribution >= 4 is 31.9 Å². The minimum atomic E-state index is 0.645. The van der Waals surface area contributed by atoms with Crippen LogP contribution in [0.15, 0.2) is 33.7 Å². The van der Waals surface area contributed by atoms with Gasteiger partial charge in [-0.25, -0.2) is 0 Å². The summed E-state index contributed by atoms with van der Waals surface area (Å²) in [6.45, 7) is 5.15. The molecule has 0 aliphatic heterocycles. The Balaban J connectivity index is 2.80. The molecular formula is C12H15Br2NO. The first-order chi connectivity index (χ1) is 7.69. The molecule has 0 aliphatic rings. The molecule has 0 saturated carbocycles. The molecule has 0 spiro atoms. The van der Waals surface area contributed by atoms with Crippen molar-refractivity contribution < 1.29 is 4.74 Å². The van der Waals surface area contributed by atoms with Gasteiger partial charge in [0.2, 0.25) is 0 Å². The lowest BCUT2D eigenvalue weighted by Crippen LogP contribution is -2.05. The SMILES string of the molecule is C=CCCOc1c(Br)cc(CNC)cc1Br. The zero-order chi connectivity index (χ0) is 12.0. The number of hydrogen-bond acceptors (Lipinski definition) is 2. The molecule has 0 atom stereocenters. The second kappa shape index (κ2) is 7.09. The highest BCUT2D eigenvalue weighted by molar-refractivity contribution is 9.11. The zero-order valence-corrected chi connectivity index (χ0v) is 12.4. The van der Waals surface area contributed by atoms with Gasteiger partial charge in [0.1, 0.15) is 5.75 Å². The van der Waals surface area contributed by atoms with E-state index in [9.17, 15) is 0 Å². The quantitative estimate of drug-likeness (QED) is 0.622.